The van der Waals surface area contributed by atoms with Gasteiger partial charge in [0.05, 0.1) is 12.2 Å². The second kappa shape index (κ2) is 6.01. The van der Waals surface area contributed by atoms with Crippen molar-refractivity contribution < 1.29 is 23.0 Å². The highest BCUT2D eigenvalue weighted by molar-refractivity contribution is 14.1. The van der Waals surface area contributed by atoms with Crippen LogP contribution in [0.15, 0.2) is 42.5 Å². The fraction of sp³-hybridized carbons (Fsp3) is 0.143. The lowest BCUT2D eigenvalue weighted by Crippen LogP contribution is -2.09. The Bertz CT molecular complexity index is 612. The number of benzene rings is 2. The van der Waals surface area contributed by atoms with Gasteiger partial charge in [0.2, 0.25) is 0 Å². The highest BCUT2D eigenvalue weighted by Gasteiger charge is 2.33. The fourth-order valence-electron chi connectivity index (χ4n) is 1.69. The van der Waals surface area contributed by atoms with E-state index in [1.165, 1.54) is 12.1 Å². The minimum absolute atomic E-state index is 0.0801. The molecule has 2 aromatic rings. The van der Waals surface area contributed by atoms with Gasteiger partial charge in [0.1, 0.15) is 11.5 Å². The van der Waals surface area contributed by atoms with Gasteiger partial charge in [0.15, 0.2) is 0 Å². The molecule has 20 heavy (non-hydrogen) atoms. The van der Waals surface area contributed by atoms with Crippen molar-refractivity contribution in [3.8, 4) is 11.5 Å². The van der Waals surface area contributed by atoms with Gasteiger partial charge in [-0.2, -0.15) is 13.2 Å². The third-order valence-corrected chi connectivity index (χ3v) is 3.26. The van der Waals surface area contributed by atoms with E-state index in [2.05, 4.69) is 22.6 Å². The number of aliphatic hydroxyl groups is 1. The number of rotatable bonds is 3. The maximum atomic E-state index is 12.9. The van der Waals surface area contributed by atoms with Crippen LogP contribution in [0.5, 0.6) is 11.5 Å². The molecule has 0 saturated heterocycles. The van der Waals surface area contributed by atoms with Crippen LogP contribution in [0.3, 0.4) is 0 Å². The standard InChI is InChI=1S/C14H10F3IO2/c15-14(16,17)13-7-12(5-4-9(13)8-19)20-11-3-1-2-10(18)6-11/h1-7,19H,8H2. The summed E-state index contributed by atoms with van der Waals surface area (Å²) >= 11 is 2.09. The molecule has 0 bridgehead atoms. The molecule has 0 aliphatic rings. The van der Waals surface area contributed by atoms with Crippen LogP contribution in [0.25, 0.3) is 0 Å². The van der Waals surface area contributed by atoms with E-state index in [9.17, 15) is 13.2 Å². The predicted octanol–water partition coefficient (Wildman–Crippen LogP) is 4.59. The summed E-state index contributed by atoms with van der Waals surface area (Å²) in [6.07, 6.45) is -4.53. The first-order chi connectivity index (χ1) is 9.40. The van der Waals surface area contributed by atoms with Crippen molar-refractivity contribution >= 4 is 22.6 Å². The van der Waals surface area contributed by atoms with Crippen LogP contribution >= 0.6 is 22.6 Å². The molecule has 1 N–H and O–H groups in total. The molecule has 0 saturated carbocycles. The Labute approximate surface area is 127 Å². The average molecular weight is 394 g/mol. The van der Waals surface area contributed by atoms with Crippen LogP contribution in [0.2, 0.25) is 0 Å². The maximum Gasteiger partial charge on any atom is 0.416 e. The van der Waals surface area contributed by atoms with Gasteiger partial charge in [-0.05, 0) is 58.5 Å². The Hall–Kier alpha value is -1.28. The molecular weight excluding hydrogens is 384 g/mol. The number of hydrogen-bond acceptors (Lipinski definition) is 2. The molecule has 2 nitrogen and oxygen atoms in total. The quantitative estimate of drug-likeness (QED) is 0.772. The highest BCUT2D eigenvalue weighted by atomic mass is 127. The summed E-state index contributed by atoms with van der Waals surface area (Å²) < 4.78 is 44.9. The molecular formula is C14H10F3IO2. The summed E-state index contributed by atoms with van der Waals surface area (Å²) in [5.41, 5.74) is -1.06. The third kappa shape index (κ3) is 3.63. The van der Waals surface area contributed by atoms with E-state index in [0.29, 0.717) is 5.75 Å². The van der Waals surface area contributed by atoms with Gasteiger partial charge in [0, 0.05) is 3.57 Å². The zero-order valence-corrected chi connectivity index (χ0v) is 12.3. The molecule has 6 heteroatoms. The summed E-state index contributed by atoms with van der Waals surface area (Å²) in [6, 6.07) is 10.5. The van der Waals surface area contributed by atoms with Gasteiger partial charge in [-0.3, -0.25) is 0 Å². The molecule has 0 atom stereocenters. The summed E-state index contributed by atoms with van der Waals surface area (Å²) in [6.45, 7) is -0.668. The Morgan fingerprint density at radius 2 is 1.75 bits per heavy atom. The van der Waals surface area contributed by atoms with Gasteiger partial charge in [0.25, 0.3) is 0 Å². The first kappa shape index (κ1) is 15.1. The van der Waals surface area contributed by atoms with Crippen molar-refractivity contribution in [3.63, 3.8) is 0 Å². The van der Waals surface area contributed by atoms with Crippen molar-refractivity contribution in [2.24, 2.45) is 0 Å². The van der Waals surface area contributed by atoms with E-state index >= 15 is 0 Å². The third-order valence-electron chi connectivity index (χ3n) is 2.59. The Morgan fingerprint density at radius 3 is 2.35 bits per heavy atom. The number of hydrogen-bond donors (Lipinski definition) is 1. The number of ether oxygens (including phenoxy) is 1. The van der Waals surface area contributed by atoms with Crippen LogP contribution < -0.4 is 4.74 Å². The zero-order valence-electron chi connectivity index (χ0n) is 10.1. The fourth-order valence-corrected chi connectivity index (χ4v) is 2.20. The summed E-state index contributed by atoms with van der Waals surface area (Å²) in [5, 5.41) is 8.96. The molecule has 2 rings (SSSR count). The average Bonchev–Trinajstić information content (AvgIpc) is 2.37. The van der Waals surface area contributed by atoms with Gasteiger partial charge >= 0.3 is 6.18 Å². The molecule has 0 aliphatic carbocycles. The molecule has 2 aromatic carbocycles. The first-order valence-corrected chi connectivity index (χ1v) is 6.72. The van der Waals surface area contributed by atoms with Crippen molar-refractivity contribution in [3.05, 3.63) is 57.2 Å². The van der Waals surface area contributed by atoms with Gasteiger partial charge in [-0.15, -0.1) is 0 Å². The number of aliphatic hydroxyl groups excluding tert-OH is 1. The lowest BCUT2D eigenvalue weighted by molar-refractivity contribution is -0.138. The second-order valence-electron chi connectivity index (χ2n) is 4.03. The molecule has 0 amide bonds. The van der Waals surface area contributed by atoms with E-state index in [-0.39, 0.29) is 11.3 Å². The van der Waals surface area contributed by atoms with Crippen LogP contribution in [-0.2, 0) is 12.8 Å². The molecule has 0 heterocycles. The van der Waals surface area contributed by atoms with E-state index in [1.54, 1.807) is 18.2 Å². The van der Waals surface area contributed by atoms with E-state index in [0.717, 1.165) is 9.64 Å². The van der Waals surface area contributed by atoms with Crippen molar-refractivity contribution in [1.29, 1.82) is 0 Å². The maximum absolute atomic E-state index is 12.9. The Balaban J connectivity index is 2.34. The van der Waals surface area contributed by atoms with Crippen molar-refractivity contribution in [2.45, 2.75) is 12.8 Å². The molecule has 106 valence electrons. The smallest absolute Gasteiger partial charge is 0.416 e. The Morgan fingerprint density at radius 1 is 1.05 bits per heavy atom. The normalized spacial score (nSPS) is 11.4. The second-order valence-corrected chi connectivity index (χ2v) is 5.28. The van der Waals surface area contributed by atoms with Gasteiger partial charge in [-0.25, -0.2) is 0 Å². The van der Waals surface area contributed by atoms with Crippen LogP contribution in [0.4, 0.5) is 13.2 Å². The monoisotopic (exact) mass is 394 g/mol. The van der Waals surface area contributed by atoms with Crippen LogP contribution in [-0.4, -0.2) is 5.11 Å². The topological polar surface area (TPSA) is 29.5 Å². The minimum Gasteiger partial charge on any atom is -0.457 e. The molecule has 0 unspecified atom stereocenters. The molecule has 0 fully saturated rings. The first-order valence-electron chi connectivity index (χ1n) is 5.64. The van der Waals surface area contributed by atoms with E-state index in [1.807, 2.05) is 6.07 Å². The number of halogens is 4. The van der Waals surface area contributed by atoms with Gasteiger partial charge in [-0.1, -0.05) is 12.1 Å². The molecule has 0 radical (unpaired) electrons. The summed E-state index contributed by atoms with van der Waals surface area (Å²) in [7, 11) is 0. The van der Waals surface area contributed by atoms with Crippen LogP contribution in [0.1, 0.15) is 11.1 Å². The molecule has 0 aromatic heterocycles. The lowest BCUT2D eigenvalue weighted by atomic mass is 10.1. The molecule has 0 spiro atoms. The Kier molecular flexibility index (Phi) is 4.54. The number of alkyl halides is 3. The predicted molar refractivity (Wildman–Crippen MR) is 76.6 cm³/mol. The van der Waals surface area contributed by atoms with Crippen molar-refractivity contribution in [2.75, 3.05) is 0 Å². The van der Waals surface area contributed by atoms with E-state index < -0.39 is 18.3 Å². The SMILES string of the molecule is OCc1ccc(Oc2cccc(I)c2)cc1C(F)(F)F. The lowest BCUT2D eigenvalue weighted by Gasteiger charge is -2.13. The van der Waals surface area contributed by atoms with Crippen LogP contribution in [0, 0.1) is 3.57 Å². The van der Waals surface area contributed by atoms with Crippen molar-refractivity contribution in [1.82, 2.24) is 0 Å². The highest BCUT2D eigenvalue weighted by Crippen LogP contribution is 2.35. The summed E-state index contributed by atoms with van der Waals surface area (Å²) in [5.74, 6) is 0.540. The minimum atomic E-state index is -4.53. The zero-order chi connectivity index (χ0) is 14.8. The largest absolute Gasteiger partial charge is 0.457 e. The summed E-state index contributed by atoms with van der Waals surface area (Å²) in [4.78, 5) is 0. The molecule has 0 aliphatic heterocycles. The van der Waals surface area contributed by atoms with E-state index in [4.69, 9.17) is 9.84 Å². The van der Waals surface area contributed by atoms with Gasteiger partial charge < -0.3 is 9.84 Å².